The standard InChI is InChI=1S/C22H22BrF3N4O3/c23-18-19(21(31)33-12-13-5-3-9-29-8-2-1-6-15(13)29)28-30-17(22(24,25)26)11-14(27-20(18)30)16-7-4-10-32-16/h4,7,10-11,13,15H,1-3,5-6,8-9,12H2/t13-,15+/m1/s1. The monoisotopic (exact) mass is 526 g/mol. The molecule has 0 amide bonds. The average Bonchev–Trinajstić information content (AvgIpc) is 3.45. The number of rotatable bonds is 4. The lowest BCUT2D eigenvalue weighted by Gasteiger charge is -2.44. The van der Waals surface area contributed by atoms with Crippen molar-refractivity contribution in [3.63, 3.8) is 0 Å². The molecule has 2 atom stereocenters. The highest BCUT2D eigenvalue weighted by Gasteiger charge is 2.38. The van der Waals surface area contributed by atoms with Crippen LogP contribution in [0.3, 0.4) is 0 Å². The fourth-order valence-corrected chi connectivity index (χ4v) is 5.39. The highest BCUT2D eigenvalue weighted by atomic mass is 79.9. The van der Waals surface area contributed by atoms with Crippen LogP contribution in [0.15, 0.2) is 33.4 Å². The number of piperidine rings is 2. The number of ether oxygens (including phenoxy) is 1. The SMILES string of the molecule is O=C(OC[C@H]1CCCN2CCCC[C@@H]12)c1nn2c(C(F)(F)F)cc(-c3ccco3)nc2c1Br. The van der Waals surface area contributed by atoms with E-state index in [1.54, 1.807) is 6.07 Å². The zero-order chi connectivity index (χ0) is 23.2. The van der Waals surface area contributed by atoms with Crippen molar-refractivity contribution in [2.24, 2.45) is 5.92 Å². The van der Waals surface area contributed by atoms with E-state index in [0.717, 1.165) is 44.8 Å². The van der Waals surface area contributed by atoms with Gasteiger partial charge in [-0.05, 0) is 72.9 Å². The van der Waals surface area contributed by atoms with Crippen molar-refractivity contribution in [1.29, 1.82) is 0 Å². The number of fused-ring (bicyclic) bond motifs is 2. The quantitative estimate of drug-likeness (QED) is 0.435. The van der Waals surface area contributed by atoms with Crippen molar-refractivity contribution in [2.75, 3.05) is 19.7 Å². The minimum Gasteiger partial charge on any atom is -0.463 e. The molecule has 33 heavy (non-hydrogen) atoms. The molecule has 5 rings (SSSR count). The first-order valence-electron chi connectivity index (χ1n) is 10.9. The molecule has 7 nitrogen and oxygen atoms in total. The lowest BCUT2D eigenvalue weighted by atomic mass is 9.84. The molecular formula is C22H22BrF3N4O3. The second-order valence-corrected chi connectivity index (χ2v) is 9.29. The summed E-state index contributed by atoms with van der Waals surface area (Å²) >= 11 is 3.22. The predicted molar refractivity (Wildman–Crippen MR) is 116 cm³/mol. The van der Waals surface area contributed by atoms with Crippen LogP contribution in [0.25, 0.3) is 17.1 Å². The van der Waals surface area contributed by atoms with Crippen LogP contribution in [0.4, 0.5) is 13.2 Å². The molecule has 0 spiro atoms. The molecule has 5 heterocycles. The van der Waals surface area contributed by atoms with E-state index in [0.29, 0.717) is 10.6 Å². The third kappa shape index (κ3) is 4.28. The highest BCUT2D eigenvalue weighted by molar-refractivity contribution is 9.10. The first kappa shape index (κ1) is 22.4. The summed E-state index contributed by atoms with van der Waals surface area (Å²) in [5.74, 6) is -0.379. The number of nitrogens with zero attached hydrogens (tertiary/aromatic N) is 4. The summed E-state index contributed by atoms with van der Waals surface area (Å²) in [5, 5.41) is 3.92. The van der Waals surface area contributed by atoms with Gasteiger partial charge >= 0.3 is 12.1 Å². The van der Waals surface area contributed by atoms with Crippen molar-refractivity contribution < 1.29 is 27.1 Å². The van der Waals surface area contributed by atoms with E-state index in [1.807, 2.05) is 0 Å². The molecule has 11 heteroatoms. The first-order valence-corrected chi connectivity index (χ1v) is 11.7. The van der Waals surface area contributed by atoms with E-state index in [2.05, 4.69) is 30.9 Å². The molecule has 0 aliphatic carbocycles. The number of aromatic nitrogens is 3. The fraction of sp³-hybridized carbons (Fsp3) is 0.500. The Morgan fingerprint density at radius 1 is 1.24 bits per heavy atom. The van der Waals surface area contributed by atoms with Gasteiger partial charge in [0.1, 0.15) is 5.69 Å². The molecular weight excluding hydrogens is 505 g/mol. The van der Waals surface area contributed by atoms with E-state index in [-0.39, 0.29) is 39.8 Å². The third-order valence-corrected chi connectivity index (χ3v) is 7.18. The maximum atomic E-state index is 13.8. The maximum Gasteiger partial charge on any atom is 0.433 e. The zero-order valence-corrected chi connectivity index (χ0v) is 19.2. The van der Waals surface area contributed by atoms with Crippen LogP contribution in [-0.2, 0) is 10.9 Å². The highest BCUT2D eigenvalue weighted by Crippen LogP contribution is 2.35. The Hall–Kier alpha value is -2.40. The van der Waals surface area contributed by atoms with E-state index < -0.39 is 17.8 Å². The Morgan fingerprint density at radius 2 is 2.06 bits per heavy atom. The summed E-state index contributed by atoms with van der Waals surface area (Å²) in [7, 11) is 0. The number of hydrogen-bond acceptors (Lipinski definition) is 6. The lowest BCUT2D eigenvalue weighted by Crippen LogP contribution is -2.49. The summed E-state index contributed by atoms with van der Waals surface area (Å²) in [6, 6.07) is 4.30. The minimum atomic E-state index is -4.72. The normalized spacial score (nSPS) is 21.8. The maximum absolute atomic E-state index is 13.8. The summed E-state index contributed by atoms with van der Waals surface area (Å²) < 4.78 is 52.8. The van der Waals surface area contributed by atoms with Gasteiger partial charge in [0.25, 0.3) is 0 Å². The summed E-state index contributed by atoms with van der Waals surface area (Å²) in [4.78, 5) is 19.5. The van der Waals surface area contributed by atoms with E-state index in [9.17, 15) is 18.0 Å². The summed E-state index contributed by atoms with van der Waals surface area (Å²) in [6.45, 7) is 2.35. The first-order chi connectivity index (χ1) is 15.8. The fourth-order valence-electron chi connectivity index (χ4n) is 4.90. The molecule has 0 aromatic carbocycles. The molecule has 2 saturated heterocycles. The van der Waals surface area contributed by atoms with Gasteiger partial charge in [-0.15, -0.1) is 0 Å². The molecule has 3 aromatic rings. The van der Waals surface area contributed by atoms with Gasteiger partial charge < -0.3 is 9.15 Å². The van der Waals surface area contributed by atoms with Gasteiger partial charge in [-0.1, -0.05) is 6.42 Å². The number of hydrogen-bond donors (Lipinski definition) is 0. The zero-order valence-electron chi connectivity index (χ0n) is 17.6. The van der Waals surface area contributed by atoms with Gasteiger partial charge in [0.2, 0.25) is 0 Å². The third-order valence-electron chi connectivity index (χ3n) is 6.45. The Bertz CT molecular complexity index is 1160. The smallest absolute Gasteiger partial charge is 0.433 e. The van der Waals surface area contributed by atoms with Crippen LogP contribution in [0, 0.1) is 5.92 Å². The lowest BCUT2D eigenvalue weighted by molar-refractivity contribution is -0.142. The Balaban J connectivity index is 1.43. The van der Waals surface area contributed by atoms with Gasteiger partial charge in [0, 0.05) is 12.0 Å². The molecule has 2 aliphatic rings. The average molecular weight is 527 g/mol. The van der Waals surface area contributed by atoms with Crippen LogP contribution in [0.2, 0.25) is 0 Å². The van der Waals surface area contributed by atoms with Gasteiger partial charge in [-0.25, -0.2) is 14.3 Å². The van der Waals surface area contributed by atoms with Crippen LogP contribution in [0.1, 0.15) is 48.3 Å². The van der Waals surface area contributed by atoms with E-state index in [4.69, 9.17) is 9.15 Å². The predicted octanol–water partition coefficient (Wildman–Crippen LogP) is 5.19. The molecule has 3 aromatic heterocycles. The van der Waals surface area contributed by atoms with Crippen molar-refractivity contribution >= 4 is 27.5 Å². The molecule has 2 fully saturated rings. The van der Waals surface area contributed by atoms with Crippen LogP contribution < -0.4 is 0 Å². The van der Waals surface area contributed by atoms with Crippen LogP contribution in [-0.4, -0.2) is 51.2 Å². The molecule has 2 aliphatic heterocycles. The van der Waals surface area contributed by atoms with Gasteiger partial charge in [-0.3, -0.25) is 4.90 Å². The van der Waals surface area contributed by atoms with Crippen molar-refractivity contribution in [3.05, 3.63) is 40.3 Å². The summed E-state index contributed by atoms with van der Waals surface area (Å²) in [5.41, 5.74) is -1.45. The number of alkyl halides is 3. The molecule has 0 bridgehead atoms. The van der Waals surface area contributed by atoms with Gasteiger partial charge in [0.05, 0.1) is 17.3 Å². The molecule has 0 N–H and O–H groups in total. The molecule has 0 saturated carbocycles. The molecule has 0 radical (unpaired) electrons. The number of carbonyl (C=O) groups excluding carboxylic acids is 1. The van der Waals surface area contributed by atoms with Gasteiger partial charge in [-0.2, -0.15) is 18.3 Å². The van der Waals surface area contributed by atoms with E-state index in [1.165, 1.54) is 18.8 Å². The number of halogens is 4. The number of carbonyl (C=O) groups is 1. The Morgan fingerprint density at radius 3 is 2.82 bits per heavy atom. The Kier molecular flexibility index (Phi) is 5.94. The van der Waals surface area contributed by atoms with Crippen molar-refractivity contribution in [2.45, 2.75) is 44.3 Å². The van der Waals surface area contributed by atoms with Crippen LogP contribution in [0.5, 0.6) is 0 Å². The minimum absolute atomic E-state index is 0.0139. The second-order valence-electron chi connectivity index (χ2n) is 8.50. The second kappa shape index (κ2) is 8.75. The van der Waals surface area contributed by atoms with Gasteiger partial charge in [0.15, 0.2) is 22.8 Å². The molecule has 0 unspecified atom stereocenters. The van der Waals surface area contributed by atoms with Crippen LogP contribution >= 0.6 is 15.9 Å². The number of esters is 1. The van der Waals surface area contributed by atoms with Crippen molar-refractivity contribution in [3.8, 4) is 11.5 Å². The molecule has 176 valence electrons. The Labute approximate surface area is 196 Å². The largest absolute Gasteiger partial charge is 0.463 e. The van der Waals surface area contributed by atoms with E-state index >= 15 is 0 Å². The topological polar surface area (TPSA) is 72.9 Å². The van der Waals surface area contributed by atoms with Crippen molar-refractivity contribution in [1.82, 2.24) is 19.5 Å². The summed E-state index contributed by atoms with van der Waals surface area (Å²) in [6.07, 6.45) is 2.06. The number of furan rings is 1.